The zero-order valence-corrected chi connectivity index (χ0v) is 20.0. The Bertz CT molecular complexity index is 1470. The lowest BCUT2D eigenvalue weighted by Crippen LogP contribution is -2.26. The second-order valence-corrected chi connectivity index (χ2v) is 8.62. The molecular weight excluding hydrogens is 462 g/mol. The maximum absolute atomic E-state index is 13.4. The number of hydrogen-bond acceptors (Lipinski definition) is 5. The van der Waals surface area contributed by atoms with Crippen LogP contribution in [0.3, 0.4) is 0 Å². The molecule has 1 N–H and O–H groups in total. The average molecular weight is 486 g/mol. The van der Waals surface area contributed by atoms with Crippen molar-refractivity contribution in [1.29, 1.82) is 0 Å². The summed E-state index contributed by atoms with van der Waals surface area (Å²) in [7, 11) is 0. The summed E-state index contributed by atoms with van der Waals surface area (Å²) in [5.41, 5.74) is 5.28. The van der Waals surface area contributed by atoms with Crippen molar-refractivity contribution in [3.05, 3.63) is 105 Å². The van der Waals surface area contributed by atoms with Crippen molar-refractivity contribution in [3.63, 3.8) is 0 Å². The number of benzene rings is 2. The highest BCUT2D eigenvalue weighted by molar-refractivity contribution is 6.30. The van der Waals surface area contributed by atoms with Crippen LogP contribution in [0.2, 0.25) is 5.15 Å². The number of imidazole rings is 1. The van der Waals surface area contributed by atoms with E-state index in [9.17, 15) is 4.79 Å². The van der Waals surface area contributed by atoms with Gasteiger partial charge in [-0.25, -0.2) is 4.79 Å². The van der Waals surface area contributed by atoms with E-state index in [2.05, 4.69) is 32.5 Å². The Kier molecular flexibility index (Phi) is 6.54. The van der Waals surface area contributed by atoms with Crippen molar-refractivity contribution in [1.82, 2.24) is 34.7 Å². The maximum Gasteiger partial charge on any atom is 0.330 e. The molecular formula is C26H24ClN7O. The monoisotopic (exact) mass is 485 g/mol. The summed E-state index contributed by atoms with van der Waals surface area (Å²) in [6, 6.07) is 21.6. The molecule has 0 spiro atoms. The number of halogens is 1. The van der Waals surface area contributed by atoms with Crippen molar-refractivity contribution < 1.29 is 0 Å². The molecule has 0 saturated heterocycles. The van der Waals surface area contributed by atoms with Gasteiger partial charge in [0.2, 0.25) is 5.82 Å². The zero-order chi connectivity index (χ0) is 24.2. The summed E-state index contributed by atoms with van der Waals surface area (Å²) in [5.74, 6) is 0.488. The van der Waals surface area contributed by atoms with Crippen LogP contribution in [0.5, 0.6) is 0 Å². The van der Waals surface area contributed by atoms with Gasteiger partial charge in [0.1, 0.15) is 5.15 Å². The van der Waals surface area contributed by atoms with Gasteiger partial charge in [-0.15, -0.1) is 10.2 Å². The number of rotatable bonds is 8. The van der Waals surface area contributed by atoms with Gasteiger partial charge >= 0.3 is 5.69 Å². The minimum Gasteiger partial charge on any atom is -0.290 e. The number of aromatic amines is 1. The lowest BCUT2D eigenvalue weighted by molar-refractivity contribution is 0.664. The largest absolute Gasteiger partial charge is 0.330 e. The Morgan fingerprint density at radius 1 is 0.914 bits per heavy atom. The molecule has 0 bridgehead atoms. The highest BCUT2D eigenvalue weighted by Crippen LogP contribution is 2.28. The number of nitrogens with one attached hydrogen (secondary N) is 1. The van der Waals surface area contributed by atoms with Crippen LogP contribution in [0.1, 0.15) is 30.2 Å². The summed E-state index contributed by atoms with van der Waals surface area (Å²) < 4.78 is 3.44. The van der Waals surface area contributed by atoms with Crippen LogP contribution >= 0.6 is 11.6 Å². The third kappa shape index (κ3) is 4.65. The maximum atomic E-state index is 13.4. The van der Waals surface area contributed by atoms with Gasteiger partial charge in [0.15, 0.2) is 0 Å². The molecule has 0 aliphatic rings. The summed E-state index contributed by atoms with van der Waals surface area (Å²) in [5, 5.41) is 14.8. The third-order valence-electron chi connectivity index (χ3n) is 5.90. The molecule has 0 saturated carbocycles. The molecule has 3 heterocycles. The van der Waals surface area contributed by atoms with Crippen LogP contribution in [0.15, 0.2) is 77.7 Å². The number of nitrogens with zero attached hydrogens (tertiary/aromatic N) is 6. The van der Waals surface area contributed by atoms with Gasteiger partial charge < -0.3 is 0 Å². The number of aromatic nitrogens is 7. The molecule has 0 fully saturated rings. The van der Waals surface area contributed by atoms with E-state index in [-0.39, 0.29) is 5.69 Å². The molecule has 0 unspecified atom stereocenters. The Labute approximate surface area is 207 Å². The highest BCUT2D eigenvalue weighted by atomic mass is 35.5. The van der Waals surface area contributed by atoms with E-state index >= 15 is 0 Å². The van der Waals surface area contributed by atoms with E-state index in [0.29, 0.717) is 24.1 Å². The van der Waals surface area contributed by atoms with E-state index in [1.165, 1.54) is 0 Å². The first-order chi connectivity index (χ1) is 17.2. The summed E-state index contributed by atoms with van der Waals surface area (Å²) in [6.07, 6.45) is 3.36. The normalized spacial score (nSPS) is 11.1. The van der Waals surface area contributed by atoms with E-state index in [1.807, 2.05) is 66.7 Å². The molecule has 0 atom stereocenters. The lowest BCUT2D eigenvalue weighted by atomic mass is 10.0. The van der Waals surface area contributed by atoms with Gasteiger partial charge in [-0.3, -0.25) is 14.1 Å². The van der Waals surface area contributed by atoms with E-state index < -0.39 is 0 Å². The van der Waals surface area contributed by atoms with Crippen LogP contribution in [0.25, 0.3) is 22.6 Å². The molecule has 176 valence electrons. The third-order valence-corrected chi connectivity index (χ3v) is 6.32. The van der Waals surface area contributed by atoms with Crippen molar-refractivity contribution in [2.45, 2.75) is 32.9 Å². The smallest absolute Gasteiger partial charge is 0.290 e. The van der Waals surface area contributed by atoms with Crippen LogP contribution in [0.4, 0.5) is 0 Å². The molecule has 2 aromatic carbocycles. The fourth-order valence-corrected chi connectivity index (χ4v) is 4.52. The van der Waals surface area contributed by atoms with Gasteiger partial charge in [0.05, 0.1) is 24.5 Å². The van der Waals surface area contributed by atoms with Crippen LogP contribution in [-0.2, 0) is 19.5 Å². The second-order valence-electron chi connectivity index (χ2n) is 8.26. The first-order valence-electron chi connectivity index (χ1n) is 11.5. The first kappa shape index (κ1) is 22.7. The molecule has 0 radical (unpaired) electrons. The Morgan fingerprint density at radius 3 is 2.37 bits per heavy atom. The van der Waals surface area contributed by atoms with Gasteiger partial charge in [0, 0.05) is 17.3 Å². The molecule has 0 aliphatic heterocycles. The first-order valence-corrected chi connectivity index (χ1v) is 11.8. The predicted octanol–water partition coefficient (Wildman–Crippen LogP) is 4.59. The summed E-state index contributed by atoms with van der Waals surface area (Å²) in [6.45, 7) is 2.97. The van der Waals surface area contributed by atoms with Crippen molar-refractivity contribution in [2.75, 3.05) is 0 Å². The van der Waals surface area contributed by atoms with Gasteiger partial charge in [0.25, 0.3) is 0 Å². The number of hydrogen-bond donors (Lipinski definition) is 1. The SMILES string of the molecule is CCCc1c(Cl)n(Cc2ccccc2)c(=O)n1Cc1ccc(-c2ncccc2-c2nn[nH]n2)cc1. The molecule has 0 aliphatic carbocycles. The number of tetrazole rings is 1. The quantitative estimate of drug-likeness (QED) is 0.347. The topological polar surface area (TPSA) is 94.3 Å². The minimum absolute atomic E-state index is 0.101. The molecule has 5 rings (SSSR count). The predicted molar refractivity (Wildman–Crippen MR) is 135 cm³/mol. The van der Waals surface area contributed by atoms with Crippen LogP contribution < -0.4 is 5.69 Å². The highest BCUT2D eigenvalue weighted by Gasteiger charge is 2.19. The van der Waals surface area contributed by atoms with Crippen LogP contribution in [-0.4, -0.2) is 34.7 Å². The summed E-state index contributed by atoms with van der Waals surface area (Å²) >= 11 is 6.72. The molecule has 5 aromatic rings. The lowest BCUT2D eigenvalue weighted by Gasteiger charge is -2.09. The molecule has 3 aromatic heterocycles. The Balaban J connectivity index is 1.45. The van der Waals surface area contributed by atoms with Crippen molar-refractivity contribution in [3.8, 4) is 22.6 Å². The Morgan fingerprint density at radius 2 is 1.66 bits per heavy atom. The van der Waals surface area contributed by atoms with E-state index in [0.717, 1.165) is 46.5 Å². The summed E-state index contributed by atoms with van der Waals surface area (Å²) in [4.78, 5) is 17.9. The zero-order valence-electron chi connectivity index (χ0n) is 19.2. The van der Waals surface area contributed by atoms with Crippen molar-refractivity contribution in [2.24, 2.45) is 0 Å². The van der Waals surface area contributed by atoms with E-state index in [4.69, 9.17) is 11.6 Å². The average Bonchev–Trinajstić information content (AvgIpc) is 3.51. The number of pyridine rings is 1. The molecule has 0 amide bonds. The fourth-order valence-electron chi connectivity index (χ4n) is 4.20. The molecule has 8 nitrogen and oxygen atoms in total. The second kappa shape index (κ2) is 10.1. The van der Waals surface area contributed by atoms with Gasteiger partial charge in [-0.05, 0) is 34.9 Å². The van der Waals surface area contributed by atoms with Crippen LogP contribution in [0, 0.1) is 0 Å². The molecule has 9 heteroatoms. The standard InChI is InChI=1S/C26H24ClN7O/c1-2-7-22-24(27)34(17-18-8-4-3-5-9-18)26(35)33(22)16-19-11-13-20(14-12-19)23-21(10-6-15-28-23)25-29-31-32-30-25/h3-6,8-15H,2,7,16-17H2,1H3,(H,29,30,31,32). The van der Waals surface area contributed by atoms with E-state index in [1.54, 1.807) is 15.3 Å². The Hall–Kier alpha value is -4.04. The van der Waals surface area contributed by atoms with Gasteiger partial charge in [-0.1, -0.05) is 79.5 Å². The minimum atomic E-state index is -0.101. The molecule has 35 heavy (non-hydrogen) atoms. The number of H-pyrrole nitrogens is 1. The van der Waals surface area contributed by atoms with Crippen molar-refractivity contribution >= 4 is 11.6 Å². The fraction of sp³-hybridized carbons (Fsp3) is 0.192. The van der Waals surface area contributed by atoms with Gasteiger partial charge in [-0.2, -0.15) is 5.21 Å².